The van der Waals surface area contributed by atoms with Crippen molar-refractivity contribution in [3.05, 3.63) is 36.3 Å². The van der Waals surface area contributed by atoms with Gasteiger partial charge in [0, 0.05) is 25.4 Å². The van der Waals surface area contributed by atoms with E-state index in [9.17, 15) is 0 Å². The van der Waals surface area contributed by atoms with Gasteiger partial charge in [-0.2, -0.15) is 5.10 Å². The van der Waals surface area contributed by atoms with Gasteiger partial charge in [0.25, 0.3) is 0 Å². The molecule has 0 aliphatic rings. The van der Waals surface area contributed by atoms with Crippen LogP contribution in [0.25, 0.3) is 0 Å². The molecule has 5 nitrogen and oxygen atoms in total. The highest BCUT2D eigenvalue weighted by atomic mass is 16.5. The van der Waals surface area contributed by atoms with Crippen molar-refractivity contribution in [1.82, 2.24) is 14.8 Å². The highest BCUT2D eigenvalue weighted by molar-refractivity contribution is 5.24. The fourth-order valence-corrected chi connectivity index (χ4v) is 1.29. The Kier molecular flexibility index (Phi) is 2.87. The Hall–Kier alpha value is -1.88. The minimum atomic E-state index is -0.0139. The van der Waals surface area contributed by atoms with E-state index >= 15 is 0 Å². The lowest BCUT2D eigenvalue weighted by molar-refractivity contribution is 0.461. The van der Waals surface area contributed by atoms with E-state index in [1.165, 1.54) is 0 Å². The summed E-state index contributed by atoms with van der Waals surface area (Å²) in [5.74, 6) is 1.21. The smallest absolute Gasteiger partial charge is 0.219 e. The number of rotatable bonds is 3. The average molecular weight is 218 g/mol. The van der Waals surface area contributed by atoms with E-state index in [1.807, 2.05) is 20.0 Å². The van der Waals surface area contributed by atoms with Gasteiger partial charge in [-0.25, -0.2) is 4.98 Å². The van der Waals surface area contributed by atoms with Gasteiger partial charge in [0.15, 0.2) is 5.75 Å². The number of nitrogens with two attached hydrogens (primary N) is 1. The van der Waals surface area contributed by atoms with Gasteiger partial charge in [0.2, 0.25) is 5.88 Å². The molecule has 0 saturated heterocycles. The Morgan fingerprint density at radius 1 is 1.38 bits per heavy atom. The van der Waals surface area contributed by atoms with Crippen LogP contribution in [0.15, 0.2) is 30.7 Å². The molecule has 0 unspecified atom stereocenters. The fraction of sp³-hybridized carbons (Fsp3) is 0.273. The number of hydrogen-bond acceptors (Lipinski definition) is 4. The zero-order chi connectivity index (χ0) is 11.5. The van der Waals surface area contributed by atoms with E-state index in [-0.39, 0.29) is 6.04 Å². The third-order valence-corrected chi connectivity index (χ3v) is 2.19. The van der Waals surface area contributed by atoms with Crippen LogP contribution in [0.3, 0.4) is 0 Å². The monoisotopic (exact) mass is 218 g/mol. The molecule has 0 aliphatic heterocycles. The number of hydrogen-bond donors (Lipinski definition) is 1. The average Bonchev–Trinajstić information content (AvgIpc) is 2.65. The van der Waals surface area contributed by atoms with Crippen LogP contribution in [0.5, 0.6) is 11.6 Å². The summed E-state index contributed by atoms with van der Waals surface area (Å²) >= 11 is 0. The summed E-state index contributed by atoms with van der Waals surface area (Å²) in [4.78, 5) is 4.17. The van der Waals surface area contributed by atoms with E-state index < -0.39 is 0 Å². The van der Waals surface area contributed by atoms with Crippen LogP contribution in [-0.4, -0.2) is 14.8 Å². The quantitative estimate of drug-likeness (QED) is 0.850. The number of aromatic nitrogens is 3. The number of pyridine rings is 1. The lowest BCUT2D eigenvalue weighted by Crippen LogP contribution is -2.05. The largest absolute Gasteiger partial charge is 0.436 e. The SMILES string of the molecule is C[C@@H](N)c1ccc(Oc2cnn(C)c2)nc1. The second-order valence-electron chi connectivity index (χ2n) is 3.67. The molecule has 0 aliphatic carbocycles. The minimum Gasteiger partial charge on any atom is -0.436 e. The number of nitrogens with zero attached hydrogens (tertiary/aromatic N) is 3. The van der Waals surface area contributed by atoms with Crippen LogP contribution < -0.4 is 10.5 Å². The second-order valence-corrected chi connectivity index (χ2v) is 3.67. The zero-order valence-corrected chi connectivity index (χ0v) is 9.29. The maximum absolute atomic E-state index is 5.73. The summed E-state index contributed by atoms with van der Waals surface area (Å²) in [6, 6.07) is 3.69. The molecule has 2 rings (SSSR count). The Bertz CT molecular complexity index is 461. The lowest BCUT2D eigenvalue weighted by atomic mass is 10.2. The molecular formula is C11H14N4O. The molecule has 2 heterocycles. The molecule has 5 heteroatoms. The van der Waals surface area contributed by atoms with Gasteiger partial charge in [-0.15, -0.1) is 0 Å². The van der Waals surface area contributed by atoms with E-state index in [2.05, 4.69) is 10.1 Å². The van der Waals surface area contributed by atoms with Gasteiger partial charge in [-0.05, 0) is 12.5 Å². The van der Waals surface area contributed by atoms with Crippen molar-refractivity contribution in [2.45, 2.75) is 13.0 Å². The first-order valence-corrected chi connectivity index (χ1v) is 5.03. The molecular weight excluding hydrogens is 204 g/mol. The van der Waals surface area contributed by atoms with Crippen LogP contribution in [0.2, 0.25) is 0 Å². The molecule has 0 spiro atoms. The van der Waals surface area contributed by atoms with Crippen LogP contribution in [-0.2, 0) is 7.05 Å². The van der Waals surface area contributed by atoms with E-state index in [0.29, 0.717) is 11.6 Å². The summed E-state index contributed by atoms with van der Waals surface area (Å²) in [6.07, 6.45) is 5.14. The van der Waals surface area contributed by atoms with E-state index in [0.717, 1.165) is 5.56 Å². The first-order chi connectivity index (χ1) is 7.65. The van der Waals surface area contributed by atoms with Gasteiger partial charge >= 0.3 is 0 Å². The third kappa shape index (κ3) is 2.38. The van der Waals surface area contributed by atoms with E-state index in [4.69, 9.17) is 10.5 Å². The van der Waals surface area contributed by atoms with Crippen molar-refractivity contribution < 1.29 is 4.74 Å². The molecule has 2 aromatic rings. The van der Waals surface area contributed by atoms with Crippen molar-refractivity contribution in [1.29, 1.82) is 0 Å². The summed E-state index contributed by atoms with van der Waals surface area (Å²) in [5.41, 5.74) is 6.71. The van der Waals surface area contributed by atoms with Crippen LogP contribution in [0.4, 0.5) is 0 Å². The molecule has 2 aromatic heterocycles. The molecule has 0 saturated carbocycles. The Morgan fingerprint density at radius 2 is 2.19 bits per heavy atom. The molecule has 0 aromatic carbocycles. The normalized spacial score (nSPS) is 12.4. The standard InChI is InChI=1S/C11H14N4O/c1-8(12)9-3-4-11(13-5-9)16-10-6-14-15(2)7-10/h3-8H,12H2,1-2H3/t8-/m1/s1. The van der Waals surface area contributed by atoms with Gasteiger partial charge in [-0.1, -0.05) is 6.07 Å². The van der Waals surface area contributed by atoms with Crippen LogP contribution >= 0.6 is 0 Å². The fourth-order valence-electron chi connectivity index (χ4n) is 1.29. The van der Waals surface area contributed by atoms with E-state index in [1.54, 1.807) is 29.3 Å². The van der Waals surface area contributed by atoms with Crippen molar-refractivity contribution in [2.24, 2.45) is 12.8 Å². The molecule has 0 amide bonds. The van der Waals surface area contributed by atoms with Gasteiger partial charge in [0.1, 0.15) is 0 Å². The first-order valence-electron chi connectivity index (χ1n) is 5.03. The third-order valence-electron chi connectivity index (χ3n) is 2.19. The van der Waals surface area contributed by atoms with Crippen molar-refractivity contribution >= 4 is 0 Å². The highest BCUT2D eigenvalue weighted by Crippen LogP contribution is 2.19. The summed E-state index contributed by atoms with van der Waals surface area (Å²) < 4.78 is 7.17. The molecule has 16 heavy (non-hydrogen) atoms. The maximum Gasteiger partial charge on any atom is 0.219 e. The molecule has 0 radical (unpaired) electrons. The maximum atomic E-state index is 5.73. The molecule has 84 valence electrons. The van der Waals surface area contributed by atoms with Gasteiger partial charge in [-0.3, -0.25) is 4.68 Å². The molecule has 1 atom stereocenters. The Labute approximate surface area is 93.9 Å². The van der Waals surface area contributed by atoms with Gasteiger partial charge < -0.3 is 10.5 Å². The number of ether oxygens (including phenoxy) is 1. The topological polar surface area (TPSA) is 66.0 Å². The van der Waals surface area contributed by atoms with Crippen molar-refractivity contribution in [2.75, 3.05) is 0 Å². The number of aryl methyl sites for hydroxylation is 1. The summed E-state index contributed by atoms with van der Waals surface area (Å²) in [7, 11) is 1.83. The van der Waals surface area contributed by atoms with Crippen LogP contribution in [0.1, 0.15) is 18.5 Å². The highest BCUT2D eigenvalue weighted by Gasteiger charge is 2.03. The summed E-state index contributed by atoms with van der Waals surface area (Å²) in [5, 5.41) is 4.00. The van der Waals surface area contributed by atoms with Gasteiger partial charge in [0.05, 0.1) is 12.4 Å². The van der Waals surface area contributed by atoms with Crippen molar-refractivity contribution in [3.63, 3.8) is 0 Å². The lowest BCUT2D eigenvalue weighted by Gasteiger charge is -2.06. The first kappa shape index (κ1) is 10.6. The second kappa shape index (κ2) is 4.32. The van der Waals surface area contributed by atoms with Crippen LogP contribution in [0, 0.1) is 0 Å². The Balaban J connectivity index is 2.11. The molecule has 0 bridgehead atoms. The Morgan fingerprint density at radius 3 is 2.69 bits per heavy atom. The molecule has 0 fully saturated rings. The predicted molar refractivity (Wildman–Crippen MR) is 60.1 cm³/mol. The summed E-state index contributed by atoms with van der Waals surface area (Å²) in [6.45, 7) is 1.92. The van der Waals surface area contributed by atoms with Crippen molar-refractivity contribution in [3.8, 4) is 11.6 Å². The minimum absolute atomic E-state index is 0.0139. The molecule has 2 N–H and O–H groups in total. The zero-order valence-electron chi connectivity index (χ0n) is 9.29. The predicted octanol–water partition coefficient (Wildman–Crippen LogP) is 1.63.